The van der Waals surface area contributed by atoms with Gasteiger partial charge in [-0.25, -0.2) is 14.3 Å². The third kappa shape index (κ3) is 7.43. The number of nitro groups is 1. The van der Waals surface area contributed by atoms with Crippen molar-refractivity contribution in [3.8, 4) is 0 Å². The Morgan fingerprint density at radius 3 is 2.59 bits per heavy atom. The lowest BCUT2D eigenvalue weighted by atomic mass is 10.0. The van der Waals surface area contributed by atoms with E-state index < -0.39 is 28.9 Å². The van der Waals surface area contributed by atoms with Crippen molar-refractivity contribution in [3.63, 3.8) is 0 Å². The Balaban J connectivity index is 2.08. The van der Waals surface area contributed by atoms with Gasteiger partial charge in [0.1, 0.15) is 18.8 Å². The molecule has 1 aromatic carbocycles. The number of aliphatic carboxylic acids is 1. The van der Waals surface area contributed by atoms with Crippen molar-refractivity contribution < 1.29 is 19.6 Å². The number of nitrogens with two attached hydrogens (primary N) is 1. The number of hydrogen-bond acceptors (Lipinski definition) is 7. The number of unbranched alkanes of at least 4 members (excludes halogenated alkanes) is 1. The lowest BCUT2D eigenvalue weighted by Gasteiger charge is -2.21. The van der Waals surface area contributed by atoms with Gasteiger partial charge < -0.3 is 31.6 Å². The van der Waals surface area contributed by atoms with Gasteiger partial charge in [-0.2, -0.15) is 0 Å². The van der Waals surface area contributed by atoms with Crippen molar-refractivity contribution in [1.82, 2.24) is 20.2 Å². The number of benzene rings is 1. The summed E-state index contributed by atoms with van der Waals surface area (Å²) in [5, 5.41) is 26.4. The molecule has 2 aromatic rings. The first kappa shape index (κ1) is 25.0. The molecule has 0 fully saturated rings. The number of nitrogens with one attached hydrogen (secondary N) is 2. The van der Waals surface area contributed by atoms with E-state index in [1.807, 2.05) is 30.3 Å². The molecule has 1 aromatic heterocycles. The average Bonchev–Trinajstić information content (AvgIpc) is 3.13. The second-order valence-electron chi connectivity index (χ2n) is 7.45. The Kier molecular flexibility index (Phi) is 9.76. The molecule has 0 spiro atoms. The van der Waals surface area contributed by atoms with Gasteiger partial charge >= 0.3 is 11.8 Å². The summed E-state index contributed by atoms with van der Waals surface area (Å²) >= 11 is 0. The molecule has 0 aliphatic carbocycles. The van der Waals surface area contributed by atoms with Gasteiger partial charge in [-0.05, 0) is 42.7 Å². The lowest BCUT2D eigenvalue weighted by Crippen LogP contribution is -2.51. The standard InChI is InChI=1S/C21H30N6O5/c1-15-24-14-19(27(31)32)26(15)12-11-23-18(13-16-7-3-2-4-8-16)20(28)25-17(21(29)30)9-5-6-10-22/h2-4,7-8,14,17-18,23H,5-6,9-13,22H2,1H3,(H,25,28)(H,29,30)/t17-,18-/m0/s1. The highest BCUT2D eigenvalue weighted by molar-refractivity contribution is 5.87. The molecule has 5 N–H and O–H groups in total. The zero-order valence-corrected chi connectivity index (χ0v) is 18.1. The van der Waals surface area contributed by atoms with Gasteiger partial charge in [0.05, 0.1) is 6.04 Å². The second kappa shape index (κ2) is 12.5. The summed E-state index contributed by atoms with van der Waals surface area (Å²) in [5.41, 5.74) is 6.37. The minimum absolute atomic E-state index is 0.126. The molecule has 2 atom stereocenters. The summed E-state index contributed by atoms with van der Waals surface area (Å²) < 4.78 is 1.46. The van der Waals surface area contributed by atoms with Crippen molar-refractivity contribution in [2.24, 2.45) is 5.73 Å². The second-order valence-corrected chi connectivity index (χ2v) is 7.45. The number of carbonyl (C=O) groups is 2. The monoisotopic (exact) mass is 446 g/mol. The molecule has 0 unspecified atom stereocenters. The molecule has 2 rings (SSSR count). The van der Waals surface area contributed by atoms with Gasteiger partial charge in [0.25, 0.3) is 0 Å². The van der Waals surface area contributed by atoms with E-state index in [0.717, 1.165) is 5.56 Å². The normalized spacial score (nSPS) is 12.8. The topological polar surface area (TPSA) is 165 Å². The minimum Gasteiger partial charge on any atom is -0.480 e. The first-order valence-electron chi connectivity index (χ1n) is 10.5. The molecular weight excluding hydrogens is 416 g/mol. The number of aryl methyl sites for hydroxylation is 1. The first-order chi connectivity index (χ1) is 15.3. The summed E-state index contributed by atoms with van der Waals surface area (Å²) in [7, 11) is 0. The van der Waals surface area contributed by atoms with Crippen LogP contribution in [0.3, 0.4) is 0 Å². The van der Waals surface area contributed by atoms with Gasteiger partial charge in [-0.1, -0.05) is 30.3 Å². The predicted molar refractivity (Wildman–Crippen MR) is 118 cm³/mol. The highest BCUT2D eigenvalue weighted by atomic mass is 16.6. The van der Waals surface area contributed by atoms with E-state index >= 15 is 0 Å². The molecule has 11 nitrogen and oxygen atoms in total. The number of hydrogen-bond donors (Lipinski definition) is 4. The van der Waals surface area contributed by atoms with Crippen LogP contribution < -0.4 is 16.4 Å². The van der Waals surface area contributed by atoms with E-state index in [-0.39, 0.29) is 25.3 Å². The Bertz CT molecular complexity index is 901. The average molecular weight is 447 g/mol. The molecule has 32 heavy (non-hydrogen) atoms. The summed E-state index contributed by atoms with van der Waals surface area (Å²) in [4.78, 5) is 39.2. The zero-order chi connectivity index (χ0) is 23.5. The van der Waals surface area contributed by atoms with E-state index in [1.54, 1.807) is 6.92 Å². The highest BCUT2D eigenvalue weighted by Crippen LogP contribution is 2.13. The SMILES string of the molecule is Cc1ncc([N+](=O)[O-])n1CCN[C@@H](Cc1ccccc1)C(=O)N[C@@H](CCCCN)C(=O)O. The Morgan fingerprint density at radius 2 is 1.97 bits per heavy atom. The van der Waals surface area contributed by atoms with E-state index in [1.165, 1.54) is 10.8 Å². The molecule has 174 valence electrons. The molecule has 0 bridgehead atoms. The minimum atomic E-state index is -1.10. The fraction of sp³-hybridized carbons (Fsp3) is 0.476. The largest absolute Gasteiger partial charge is 0.480 e. The fourth-order valence-electron chi connectivity index (χ4n) is 3.36. The van der Waals surface area contributed by atoms with Gasteiger partial charge in [0.15, 0.2) is 5.82 Å². The van der Waals surface area contributed by atoms with Gasteiger partial charge in [-0.3, -0.25) is 4.79 Å². The Labute approximate surface area is 186 Å². The number of aromatic nitrogens is 2. The number of imidazole rings is 1. The summed E-state index contributed by atoms with van der Waals surface area (Å²) in [6.07, 6.45) is 3.09. The van der Waals surface area contributed by atoms with E-state index in [0.29, 0.717) is 31.6 Å². The molecule has 0 aliphatic rings. The van der Waals surface area contributed by atoms with Crippen LogP contribution in [-0.2, 0) is 22.6 Å². The van der Waals surface area contributed by atoms with E-state index in [2.05, 4.69) is 15.6 Å². The first-order valence-corrected chi connectivity index (χ1v) is 10.5. The van der Waals surface area contributed by atoms with Crippen LogP contribution in [0.1, 0.15) is 30.7 Å². The Morgan fingerprint density at radius 1 is 1.25 bits per heavy atom. The van der Waals surface area contributed by atoms with Gasteiger partial charge in [-0.15, -0.1) is 0 Å². The maximum absolute atomic E-state index is 12.9. The van der Waals surface area contributed by atoms with Crippen molar-refractivity contribution in [2.75, 3.05) is 13.1 Å². The molecule has 1 amide bonds. The number of carboxylic acid groups (broad SMARTS) is 1. The van der Waals surface area contributed by atoms with Crippen molar-refractivity contribution in [2.45, 2.75) is 51.2 Å². The number of amides is 1. The molecule has 0 radical (unpaired) electrons. The number of nitrogens with zero attached hydrogens (tertiary/aromatic N) is 3. The number of carbonyl (C=O) groups excluding carboxylic acids is 1. The molecule has 0 aliphatic heterocycles. The van der Waals surface area contributed by atoms with Gasteiger partial charge in [0, 0.05) is 13.5 Å². The summed E-state index contributed by atoms with van der Waals surface area (Å²) in [6, 6.07) is 7.61. The third-order valence-electron chi connectivity index (χ3n) is 5.11. The van der Waals surface area contributed by atoms with Crippen LogP contribution in [-0.4, -0.2) is 56.6 Å². The van der Waals surface area contributed by atoms with Crippen LogP contribution in [0, 0.1) is 17.0 Å². The predicted octanol–water partition coefficient (Wildman–Crippen LogP) is 0.999. The van der Waals surface area contributed by atoms with Crippen LogP contribution in [0.4, 0.5) is 5.82 Å². The zero-order valence-electron chi connectivity index (χ0n) is 18.1. The van der Waals surface area contributed by atoms with Gasteiger partial charge in [0.2, 0.25) is 5.91 Å². The molecular formula is C21H30N6O5. The quantitative estimate of drug-likeness (QED) is 0.189. The van der Waals surface area contributed by atoms with Crippen LogP contribution in [0.25, 0.3) is 0 Å². The molecule has 0 saturated heterocycles. The maximum Gasteiger partial charge on any atom is 0.342 e. The fourth-order valence-corrected chi connectivity index (χ4v) is 3.36. The Hall–Kier alpha value is -3.31. The summed E-state index contributed by atoms with van der Waals surface area (Å²) in [6.45, 7) is 2.62. The maximum atomic E-state index is 12.9. The van der Waals surface area contributed by atoms with Crippen molar-refractivity contribution in [1.29, 1.82) is 0 Å². The van der Waals surface area contributed by atoms with Crippen LogP contribution >= 0.6 is 0 Å². The molecule has 11 heteroatoms. The highest BCUT2D eigenvalue weighted by Gasteiger charge is 2.26. The van der Waals surface area contributed by atoms with Crippen molar-refractivity contribution >= 4 is 17.7 Å². The smallest absolute Gasteiger partial charge is 0.342 e. The van der Waals surface area contributed by atoms with Crippen LogP contribution in [0.15, 0.2) is 36.5 Å². The van der Waals surface area contributed by atoms with E-state index in [4.69, 9.17) is 5.73 Å². The van der Waals surface area contributed by atoms with Crippen LogP contribution in [0.2, 0.25) is 0 Å². The summed E-state index contributed by atoms with van der Waals surface area (Å²) in [5.74, 6) is -1.17. The number of carboxylic acids is 1. The van der Waals surface area contributed by atoms with Crippen LogP contribution in [0.5, 0.6) is 0 Å². The van der Waals surface area contributed by atoms with E-state index in [9.17, 15) is 24.8 Å². The number of rotatable bonds is 14. The molecule has 0 saturated carbocycles. The lowest BCUT2D eigenvalue weighted by molar-refractivity contribution is -0.392. The molecule has 1 heterocycles. The third-order valence-corrected chi connectivity index (χ3v) is 5.11. The van der Waals surface area contributed by atoms with Crippen molar-refractivity contribution in [3.05, 3.63) is 58.0 Å².